The summed E-state index contributed by atoms with van der Waals surface area (Å²) in [6, 6.07) is 12.9. The summed E-state index contributed by atoms with van der Waals surface area (Å²) in [6.45, 7) is 6.20. The van der Waals surface area contributed by atoms with Gasteiger partial charge in [0.25, 0.3) is 0 Å². The quantitative estimate of drug-likeness (QED) is 0.554. The first-order valence-electron chi connectivity index (χ1n) is 10.7. The van der Waals surface area contributed by atoms with E-state index in [1.54, 1.807) is 0 Å². The Balaban J connectivity index is 1.99. The number of carboxylic acids is 1. The summed E-state index contributed by atoms with van der Waals surface area (Å²) in [5.74, 6) is -1.30. The van der Waals surface area contributed by atoms with Crippen molar-refractivity contribution in [3.63, 3.8) is 0 Å². The summed E-state index contributed by atoms with van der Waals surface area (Å²) >= 11 is 0. The van der Waals surface area contributed by atoms with Gasteiger partial charge in [-0.15, -0.1) is 0 Å². The molecule has 4 rings (SSSR count). The highest BCUT2D eigenvalue weighted by molar-refractivity contribution is 5.89. The number of rotatable bonds is 5. The summed E-state index contributed by atoms with van der Waals surface area (Å²) < 4.78 is 0. The molecule has 0 fully saturated rings. The van der Waals surface area contributed by atoms with Crippen molar-refractivity contribution in [2.45, 2.75) is 65.2 Å². The predicted octanol–water partition coefficient (Wildman–Crippen LogP) is 6.37. The third-order valence-corrected chi connectivity index (χ3v) is 6.20. The molecule has 1 N–H and O–H groups in total. The number of aliphatic carboxylic acids is 1. The summed E-state index contributed by atoms with van der Waals surface area (Å²) in [5.41, 5.74) is 8.82. The van der Waals surface area contributed by atoms with E-state index in [0.29, 0.717) is 6.42 Å². The second kappa shape index (κ2) is 7.98. The van der Waals surface area contributed by atoms with Crippen LogP contribution in [0.5, 0.6) is 0 Å². The van der Waals surface area contributed by atoms with Crippen molar-refractivity contribution in [1.82, 2.24) is 4.98 Å². The SMILES string of the molecule is CCCC(C(=O)O)c1cc2cc3c(cc2nc1-c1ccc(C)cc1C)CCCC3. The van der Waals surface area contributed by atoms with E-state index < -0.39 is 11.9 Å². The molecule has 2 aromatic carbocycles. The van der Waals surface area contributed by atoms with Gasteiger partial charge >= 0.3 is 5.97 Å². The number of aryl methyl sites for hydroxylation is 4. The molecule has 1 aliphatic rings. The van der Waals surface area contributed by atoms with Crippen LogP contribution in [0.1, 0.15) is 66.3 Å². The molecular formula is C26H29NO2. The van der Waals surface area contributed by atoms with Gasteiger partial charge in [0.1, 0.15) is 0 Å². The summed E-state index contributed by atoms with van der Waals surface area (Å²) in [7, 11) is 0. The van der Waals surface area contributed by atoms with Crippen LogP contribution in [0, 0.1) is 13.8 Å². The molecule has 0 spiro atoms. The molecular weight excluding hydrogens is 358 g/mol. The van der Waals surface area contributed by atoms with E-state index in [1.165, 1.54) is 29.5 Å². The first-order chi connectivity index (χ1) is 14.0. The zero-order valence-corrected chi connectivity index (χ0v) is 17.6. The number of hydrogen-bond donors (Lipinski definition) is 1. The van der Waals surface area contributed by atoms with Crippen LogP contribution in [0.4, 0.5) is 0 Å². The Bertz CT molecular complexity index is 1080. The molecule has 29 heavy (non-hydrogen) atoms. The van der Waals surface area contributed by atoms with Crippen LogP contribution in [0.15, 0.2) is 36.4 Å². The van der Waals surface area contributed by atoms with E-state index in [9.17, 15) is 9.90 Å². The van der Waals surface area contributed by atoms with Gasteiger partial charge in [0.15, 0.2) is 0 Å². The van der Waals surface area contributed by atoms with Crippen LogP contribution in [-0.2, 0) is 17.6 Å². The van der Waals surface area contributed by atoms with E-state index in [0.717, 1.165) is 52.5 Å². The number of pyridine rings is 1. The van der Waals surface area contributed by atoms with E-state index >= 15 is 0 Å². The largest absolute Gasteiger partial charge is 0.481 e. The van der Waals surface area contributed by atoms with Gasteiger partial charge in [-0.2, -0.15) is 0 Å². The summed E-state index contributed by atoms with van der Waals surface area (Å²) in [5, 5.41) is 11.0. The lowest BCUT2D eigenvalue weighted by Gasteiger charge is -2.21. The fraction of sp³-hybridized carbons (Fsp3) is 0.385. The highest BCUT2D eigenvalue weighted by Gasteiger charge is 2.25. The molecule has 0 saturated heterocycles. The topological polar surface area (TPSA) is 50.2 Å². The Hall–Kier alpha value is -2.68. The van der Waals surface area contributed by atoms with Crippen molar-refractivity contribution >= 4 is 16.9 Å². The molecule has 1 heterocycles. The average Bonchev–Trinajstić information content (AvgIpc) is 2.69. The number of benzene rings is 2. The molecule has 3 nitrogen and oxygen atoms in total. The zero-order valence-electron chi connectivity index (χ0n) is 17.6. The summed E-state index contributed by atoms with van der Waals surface area (Å²) in [4.78, 5) is 17.2. The van der Waals surface area contributed by atoms with Crippen LogP contribution in [-0.4, -0.2) is 16.1 Å². The third kappa shape index (κ3) is 3.78. The average molecular weight is 388 g/mol. The molecule has 0 bridgehead atoms. The molecule has 1 unspecified atom stereocenters. The Morgan fingerprint density at radius 3 is 2.45 bits per heavy atom. The van der Waals surface area contributed by atoms with Crippen LogP contribution in [0.25, 0.3) is 22.2 Å². The molecule has 0 saturated carbocycles. The number of carbonyl (C=O) groups is 1. The van der Waals surface area contributed by atoms with Gasteiger partial charge in [-0.25, -0.2) is 4.98 Å². The highest BCUT2D eigenvalue weighted by atomic mass is 16.4. The van der Waals surface area contributed by atoms with Crippen molar-refractivity contribution < 1.29 is 9.90 Å². The number of aromatic nitrogens is 1. The fourth-order valence-corrected chi connectivity index (χ4v) is 4.69. The molecule has 0 amide bonds. The molecule has 3 heteroatoms. The van der Waals surface area contributed by atoms with Crippen molar-refractivity contribution in [3.05, 3.63) is 64.2 Å². The minimum Gasteiger partial charge on any atom is -0.481 e. The van der Waals surface area contributed by atoms with E-state index in [2.05, 4.69) is 50.2 Å². The van der Waals surface area contributed by atoms with Crippen molar-refractivity contribution in [1.29, 1.82) is 0 Å². The minimum atomic E-state index is -0.767. The molecule has 1 atom stereocenters. The monoisotopic (exact) mass is 387 g/mol. The standard InChI is InChI=1S/C26H29NO2/c1-4-7-22(26(28)29)23-14-20-13-18-8-5-6-9-19(18)15-24(20)27-25(23)21-11-10-16(2)12-17(21)3/h10-15,22H,4-9H2,1-3H3,(H,28,29). The van der Waals surface area contributed by atoms with Crippen LogP contribution in [0.3, 0.4) is 0 Å². The Labute approximate surface area is 172 Å². The predicted molar refractivity (Wildman–Crippen MR) is 119 cm³/mol. The van der Waals surface area contributed by atoms with Gasteiger partial charge in [0, 0.05) is 10.9 Å². The molecule has 0 aliphatic heterocycles. The van der Waals surface area contributed by atoms with Gasteiger partial charge in [-0.05, 0) is 86.4 Å². The van der Waals surface area contributed by atoms with Gasteiger partial charge in [-0.3, -0.25) is 4.79 Å². The lowest BCUT2D eigenvalue weighted by atomic mass is 9.86. The maximum Gasteiger partial charge on any atom is 0.311 e. The molecule has 1 aliphatic carbocycles. The highest BCUT2D eigenvalue weighted by Crippen LogP contribution is 2.36. The zero-order chi connectivity index (χ0) is 20.5. The number of fused-ring (bicyclic) bond motifs is 2. The smallest absolute Gasteiger partial charge is 0.311 e. The normalized spacial score (nSPS) is 14.6. The first-order valence-corrected chi connectivity index (χ1v) is 10.7. The van der Waals surface area contributed by atoms with Crippen molar-refractivity contribution in [2.24, 2.45) is 0 Å². The van der Waals surface area contributed by atoms with Crippen LogP contribution >= 0.6 is 0 Å². The van der Waals surface area contributed by atoms with Gasteiger partial charge in [0.2, 0.25) is 0 Å². The maximum absolute atomic E-state index is 12.2. The Morgan fingerprint density at radius 2 is 1.79 bits per heavy atom. The van der Waals surface area contributed by atoms with Gasteiger partial charge in [0.05, 0.1) is 17.1 Å². The third-order valence-electron chi connectivity index (χ3n) is 6.20. The Morgan fingerprint density at radius 1 is 1.07 bits per heavy atom. The van der Waals surface area contributed by atoms with Gasteiger partial charge in [-0.1, -0.05) is 37.1 Å². The van der Waals surface area contributed by atoms with Crippen molar-refractivity contribution in [3.8, 4) is 11.3 Å². The summed E-state index contributed by atoms with van der Waals surface area (Å²) in [6.07, 6.45) is 6.12. The second-order valence-electron chi connectivity index (χ2n) is 8.44. The second-order valence-corrected chi connectivity index (χ2v) is 8.44. The molecule has 3 aromatic rings. The van der Waals surface area contributed by atoms with Crippen molar-refractivity contribution in [2.75, 3.05) is 0 Å². The fourth-order valence-electron chi connectivity index (χ4n) is 4.69. The van der Waals surface area contributed by atoms with Gasteiger partial charge < -0.3 is 5.11 Å². The molecule has 0 radical (unpaired) electrons. The number of carboxylic acid groups (broad SMARTS) is 1. The van der Waals surface area contributed by atoms with E-state index in [-0.39, 0.29) is 0 Å². The Kier molecular flexibility index (Phi) is 5.40. The van der Waals surface area contributed by atoms with E-state index in [4.69, 9.17) is 4.98 Å². The maximum atomic E-state index is 12.2. The van der Waals surface area contributed by atoms with E-state index in [1.807, 2.05) is 6.92 Å². The van der Waals surface area contributed by atoms with Crippen LogP contribution in [0.2, 0.25) is 0 Å². The van der Waals surface area contributed by atoms with Crippen LogP contribution < -0.4 is 0 Å². The number of nitrogens with zero attached hydrogens (tertiary/aromatic N) is 1. The molecule has 150 valence electrons. The lowest BCUT2D eigenvalue weighted by molar-refractivity contribution is -0.139. The minimum absolute atomic E-state index is 0.538. The lowest BCUT2D eigenvalue weighted by Crippen LogP contribution is -2.14. The molecule has 1 aromatic heterocycles. The first kappa shape index (κ1) is 19.6. The number of hydrogen-bond acceptors (Lipinski definition) is 2.